The number of hydrogen-bond acceptors (Lipinski definition) is 3. The summed E-state index contributed by atoms with van der Waals surface area (Å²) in [5, 5.41) is 3.49. The third-order valence-electron chi connectivity index (χ3n) is 3.65. The van der Waals surface area contributed by atoms with Gasteiger partial charge in [-0.2, -0.15) is 0 Å². The van der Waals surface area contributed by atoms with Gasteiger partial charge in [-0.1, -0.05) is 60.5 Å². The minimum absolute atomic E-state index is 0.155. The van der Waals surface area contributed by atoms with Crippen LogP contribution < -0.4 is 11.1 Å². The molecule has 23 heavy (non-hydrogen) atoms. The van der Waals surface area contributed by atoms with Crippen molar-refractivity contribution in [2.75, 3.05) is 24.6 Å². The highest BCUT2D eigenvalue weighted by Crippen LogP contribution is 2.32. The van der Waals surface area contributed by atoms with Gasteiger partial charge >= 0.3 is 0 Å². The van der Waals surface area contributed by atoms with Crippen molar-refractivity contribution < 1.29 is 4.79 Å². The molecule has 0 fully saturated rings. The van der Waals surface area contributed by atoms with Crippen molar-refractivity contribution in [3.05, 3.63) is 58.1 Å². The van der Waals surface area contributed by atoms with Crippen LogP contribution in [0.1, 0.15) is 18.5 Å². The molecule has 0 aliphatic heterocycles. The van der Waals surface area contributed by atoms with Gasteiger partial charge in [0.25, 0.3) is 0 Å². The van der Waals surface area contributed by atoms with Crippen molar-refractivity contribution >= 4 is 40.5 Å². The SMILES string of the molecule is CCN(C)C(C(=O)Nc1cc(Cl)c(N)c(Cl)c1)c1ccccc1. The number of nitrogen functional groups attached to an aromatic ring is 1. The maximum Gasteiger partial charge on any atom is 0.246 e. The molecule has 0 bridgehead atoms. The van der Waals surface area contributed by atoms with Gasteiger partial charge in [0.2, 0.25) is 5.91 Å². The van der Waals surface area contributed by atoms with Crippen LogP contribution in [-0.4, -0.2) is 24.4 Å². The zero-order valence-electron chi connectivity index (χ0n) is 13.0. The highest BCUT2D eigenvalue weighted by atomic mass is 35.5. The largest absolute Gasteiger partial charge is 0.396 e. The van der Waals surface area contributed by atoms with Crippen molar-refractivity contribution in [3.63, 3.8) is 0 Å². The van der Waals surface area contributed by atoms with Gasteiger partial charge in [-0.3, -0.25) is 9.69 Å². The molecular formula is C17H19Cl2N3O. The van der Waals surface area contributed by atoms with Gasteiger partial charge in [0.05, 0.1) is 15.7 Å². The molecule has 1 unspecified atom stereocenters. The smallest absolute Gasteiger partial charge is 0.246 e. The van der Waals surface area contributed by atoms with Crippen molar-refractivity contribution in [2.24, 2.45) is 0 Å². The number of benzene rings is 2. The number of nitrogens with zero attached hydrogens (tertiary/aromatic N) is 1. The number of amides is 1. The van der Waals surface area contributed by atoms with Crippen LogP contribution in [0.15, 0.2) is 42.5 Å². The highest BCUT2D eigenvalue weighted by molar-refractivity contribution is 6.39. The number of nitrogens with two attached hydrogens (primary N) is 1. The summed E-state index contributed by atoms with van der Waals surface area (Å²) >= 11 is 12.0. The molecule has 1 amide bonds. The molecule has 2 aromatic carbocycles. The summed E-state index contributed by atoms with van der Waals surface area (Å²) in [7, 11) is 1.90. The Kier molecular flexibility index (Phi) is 5.88. The van der Waals surface area contributed by atoms with Crippen molar-refractivity contribution in [2.45, 2.75) is 13.0 Å². The van der Waals surface area contributed by atoms with E-state index in [1.54, 1.807) is 12.1 Å². The van der Waals surface area contributed by atoms with Gasteiger partial charge < -0.3 is 11.1 Å². The Balaban J connectivity index is 2.28. The monoisotopic (exact) mass is 351 g/mol. The molecule has 6 heteroatoms. The van der Waals surface area contributed by atoms with Gasteiger partial charge in [0.1, 0.15) is 6.04 Å². The number of carbonyl (C=O) groups is 1. The summed E-state index contributed by atoms with van der Waals surface area (Å²) < 4.78 is 0. The van der Waals surface area contributed by atoms with Crippen LogP contribution in [-0.2, 0) is 4.79 Å². The molecule has 4 nitrogen and oxygen atoms in total. The quantitative estimate of drug-likeness (QED) is 0.793. The first-order valence-electron chi connectivity index (χ1n) is 7.24. The maximum atomic E-state index is 12.8. The van der Waals surface area contributed by atoms with Crippen LogP contribution in [0.4, 0.5) is 11.4 Å². The minimum atomic E-state index is -0.406. The zero-order chi connectivity index (χ0) is 17.0. The first-order valence-corrected chi connectivity index (χ1v) is 8.00. The summed E-state index contributed by atoms with van der Waals surface area (Å²) in [5.74, 6) is -0.155. The Morgan fingerprint density at radius 3 is 2.30 bits per heavy atom. The molecule has 0 heterocycles. The second kappa shape index (κ2) is 7.68. The number of carbonyl (C=O) groups excluding carboxylic acids is 1. The van der Waals surface area contributed by atoms with Gasteiger partial charge in [0, 0.05) is 5.69 Å². The van der Waals surface area contributed by atoms with E-state index in [-0.39, 0.29) is 5.91 Å². The Bertz CT molecular complexity index is 668. The van der Waals surface area contributed by atoms with E-state index in [2.05, 4.69) is 5.32 Å². The highest BCUT2D eigenvalue weighted by Gasteiger charge is 2.24. The lowest BCUT2D eigenvalue weighted by Gasteiger charge is -2.26. The van der Waals surface area contributed by atoms with Crippen LogP contribution in [0.2, 0.25) is 10.0 Å². The molecule has 2 rings (SSSR count). The van der Waals surface area contributed by atoms with E-state index in [4.69, 9.17) is 28.9 Å². The van der Waals surface area contributed by atoms with E-state index in [1.165, 1.54) is 0 Å². The van der Waals surface area contributed by atoms with Crippen LogP contribution in [0.25, 0.3) is 0 Å². The first kappa shape index (κ1) is 17.6. The summed E-state index contributed by atoms with van der Waals surface area (Å²) in [6, 6.07) is 12.4. The van der Waals surface area contributed by atoms with E-state index in [0.717, 1.165) is 12.1 Å². The predicted molar refractivity (Wildman–Crippen MR) is 97.0 cm³/mol. The maximum absolute atomic E-state index is 12.8. The van der Waals surface area contributed by atoms with E-state index in [1.807, 2.05) is 49.2 Å². The minimum Gasteiger partial charge on any atom is -0.396 e. The van der Waals surface area contributed by atoms with Crippen LogP contribution in [0.3, 0.4) is 0 Å². The first-order chi connectivity index (χ1) is 10.9. The van der Waals surface area contributed by atoms with Crippen LogP contribution >= 0.6 is 23.2 Å². The number of hydrogen-bond donors (Lipinski definition) is 2. The molecule has 0 saturated heterocycles. The van der Waals surface area contributed by atoms with Crippen LogP contribution in [0, 0.1) is 0 Å². The van der Waals surface area contributed by atoms with Gasteiger partial charge in [-0.25, -0.2) is 0 Å². The molecule has 0 spiro atoms. The summed E-state index contributed by atoms with van der Waals surface area (Å²) in [5.41, 5.74) is 7.46. The van der Waals surface area contributed by atoms with E-state index < -0.39 is 6.04 Å². The third-order valence-corrected chi connectivity index (χ3v) is 4.28. The molecule has 122 valence electrons. The van der Waals surface area contributed by atoms with E-state index in [9.17, 15) is 4.79 Å². The van der Waals surface area contributed by atoms with Crippen LogP contribution in [0.5, 0.6) is 0 Å². The molecule has 2 aromatic rings. The molecular weight excluding hydrogens is 333 g/mol. The molecule has 0 radical (unpaired) electrons. The lowest BCUT2D eigenvalue weighted by Crippen LogP contribution is -2.34. The molecule has 1 atom stereocenters. The van der Waals surface area contributed by atoms with Crippen molar-refractivity contribution in [3.8, 4) is 0 Å². The number of anilines is 2. The summed E-state index contributed by atoms with van der Waals surface area (Å²) in [6.45, 7) is 2.73. The third kappa shape index (κ3) is 4.16. The standard InChI is InChI=1S/C17H19Cl2N3O/c1-3-22(2)16(11-7-5-4-6-8-11)17(23)21-12-9-13(18)15(20)14(19)10-12/h4-10,16H,3,20H2,1-2H3,(H,21,23). The van der Waals surface area contributed by atoms with E-state index in [0.29, 0.717) is 21.4 Å². The summed E-state index contributed by atoms with van der Waals surface area (Å²) in [4.78, 5) is 14.7. The van der Waals surface area contributed by atoms with Gasteiger partial charge in [-0.15, -0.1) is 0 Å². The Morgan fingerprint density at radius 1 is 1.22 bits per heavy atom. The number of nitrogens with one attached hydrogen (secondary N) is 1. The topological polar surface area (TPSA) is 58.4 Å². The van der Waals surface area contributed by atoms with E-state index >= 15 is 0 Å². The Labute approximate surface area is 146 Å². The molecule has 3 N–H and O–H groups in total. The average Bonchev–Trinajstić information content (AvgIpc) is 2.53. The molecule has 0 aliphatic rings. The average molecular weight is 352 g/mol. The molecule has 0 aliphatic carbocycles. The lowest BCUT2D eigenvalue weighted by molar-refractivity contribution is -0.121. The second-order valence-corrected chi connectivity index (χ2v) is 6.04. The fourth-order valence-electron chi connectivity index (χ4n) is 2.29. The number of rotatable bonds is 5. The second-order valence-electron chi connectivity index (χ2n) is 5.23. The fourth-order valence-corrected chi connectivity index (χ4v) is 2.78. The predicted octanol–water partition coefficient (Wildman–Crippen LogP) is 4.21. The molecule has 0 aromatic heterocycles. The van der Waals surface area contributed by atoms with Crippen molar-refractivity contribution in [1.29, 1.82) is 0 Å². The van der Waals surface area contributed by atoms with Gasteiger partial charge in [0.15, 0.2) is 0 Å². The number of halogens is 2. The fraction of sp³-hybridized carbons (Fsp3) is 0.235. The normalized spacial score (nSPS) is 12.2. The number of likely N-dealkylation sites (N-methyl/N-ethyl adjacent to an activating group) is 1. The molecule has 0 saturated carbocycles. The lowest BCUT2D eigenvalue weighted by atomic mass is 10.0. The van der Waals surface area contributed by atoms with Crippen molar-refractivity contribution in [1.82, 2.24) is 4.90 Å². The zero-order valence-corrected chi connectivity index (χ0v) is 14.5. The Morgan fingerprint density at radius 2 is 1.78 bits per heavy atom. The van der Waals surface area contributed by atoms with Gasteiger partial charge in [-0.05, 0) is 31.3 Å². The summed E-state index contributed by atoms with van der Waals surface area (Å²) in [6.07, 6.45) is 0. The Hall–Kier alpha value is -1.75.